The maximum Gasteiger partial charge on any atom is 0.305 e. The number of nitrogens with one attached hydrogen (secondary N) is 2. The van der Waals surface area contributed by atoms with Crippen LogP contribution in [0.4, 0.5) is 5.69 Å². The van der Waals surface area contributed by atoms with Crippen LogP contribution in [0.2, 0.25) is 0 Å². The van der Waals surface area contributed by atoms with E-state index in [2.05, 4.69) is 20.8 Å². The highest BCUT2D eigenvalue weighted by atomic mass is 16.4. The summed E-state index contributed by atoms with van der Waals surface area (Å²) in [5.74, 6) is -1.84. The third kappa shape index (κ3) is 4.68. The van der Waals surface area contributed by atoms with Crippen LogP contribution in [0, 0.1) is 0 Å². The number of aryl methyl sites for hydroxylation is 2. The van der Waals surface area contributed by atoms with Gasteiger partial charge >= 0.3 is 5.97 Å². The van der Waals surface area contributed by atoms with Gasteiger partial charge in [0.1, 0.15) is 5.69 Å². The fourth-order valence-corrected chi connectivity index (χ4v) is 2.26. The monoisotopic (exact) mass is 362 g/mol. The summed E-state index contributed by atoms with van der Waals surface area (Å²) in [6, 6.07) is 1.48. The lowest BCUT2D eigenvalue weighted by molar-refractivity contribution is -0.137. The second-order valence-corrected chi connectivity index (χ2v) is 5.54. The number of carboxylic acids is 1. The third-order valence-electron chi connectivity index (χ3n) is 3.57. The molecule has 2 amide bonds. The second kappa shape index (κ2) is 8.79. The van der Waals surface area contributed by atoms with Gasteiger partial charge in [-0.15, -0.1) is 0 Å². The summed E-state index contributed by atoms with van der Waals surface area (Å²) in [5, 5.41) is 22.3. The Labute approximate surface area is 150 Å². The van der Waals surface area contributed by atoms with Gasteiger partial charge in [0, 0.05) is 25.5 Å². The van der Waals surface area contributed by atoms with Gasteiger partial charge in [-0.2, -0.15) is 10.2 Å². The molecular weight excluding hydrogens is 340 g/mol. The molecule has 3 N–H and O–H groups in total. The maximum atomic E-state index is 12.5. The Morgan fingerprint density at radius 1 is 1.23 bits per heavy atom. The number of anilines is 1. The molecule has 0 fully saturated rings. The van der Waals surface area contributed by atoms with E-state index < -0.39 is 11.9 Å². The molecule has 0 aliphatic rings. The average molecular weight is 362 g/mol. The van der Waals surface area contributed by atoms with Crippen molar-refractivity contribution in [2.24, 2.45) is 0 Å². The Kier molecular flexibility index (Phi) is 6.48. The Morgan fingerprint density at radius 2 is 2.00 bits per heavy atom. The normalized spacial score (nSPS) is 10.5. The third-order valence-corrected chi connectivity index (χ3v) is 3.57. The minimum atomic E-state index is -0.981. The predicted octanol–water partition coefficient (Wildman–Crippen LogP) is 0.966. The van der Waals surface area contributed by atoms with Crippen molar-refractivity contribution in [1.29, 1.82) is 0 Å². The molecule has 0 saturated heterocycles. The highest BCUT2D eigenvalue weighted by molar-refractivity contribution is 6.07. The topological polar surface area (TPSA) is 131 Å². The molecule has 2 rings (SSSR count). The molecule has 0 aromatic carbocycles. The van der Waals surface area contributed by atoms with Crippen molar-refractivity contribution in [2.75, 3.05) is 11.9 Å². The molecule has 0 bridgehead atoms. The molecule has 0 unspecified atom stereocenters. The molecule has 2 heterocycles. The SMILES string of the molecule is CCCNC(=O)c1nn(CC)cc1NC(=O)c1ccnn1CCC(=O)O. The molecule has 0 aliphatic carbocycles. The van der Waals surface area contributed by atoms with Gasteiger partial charge in [0.2, 0.25) is 0 Å². The van der Waals surface area contributed by atoms with Crippen LogP contribution < -0.4 is 10.6 Å². The van der Waals surface area contributed by atoms with Crippen molar-refractivity contribution in [3.63, 3.8) is 0 Å². The van der Waals surface area contributed by atoms with Crippen molar-refractivity contribution < 1.29 is 19.5 Å². The Morgan fingerprint density at radius 3 is 2.65 bits per heavy atom. The smallest absolute Gasteiger partial charge is 0.305 e. The number of carboxylic acid groups (broad SMARTS) is 1. The summed E-state index contributed by atoms with van der Waals surface area (Å²) in [6.45, 7) is 4.93. The van der Waals surface area contributed by atoms with Gasteiger partial charge in [-0.25, -0.2) is 0 Å². The zero-order valence-electron chi connectivity index (χ0n) is 14.7. The number of hydrogen-bond acceptors (Lipinski definition) is 5. The van der Waals surface area contributed by atoms with Gasteiger partial charge in [-0.1, -0.05) is 6.92 Å². The van der Waals surface area contributed by atoms with E-state index in [0.717, 1.165) is 6.42 Å². The summed E-state index contributed by atoms with van der Waals surface area (Å²) >= 11 is 0. The highest BCUT2D eigenvalue weighted by Crippen LogP contribution is 2.15. The number of hydrogen-bond donors (Lipinski definition) is 3. The Hall–Kier alpha value is -3.17. The molecule has 0 saturated carbocycles. The van der Waals surface area contributed by atoms with Crippen LogP contribution in [-0.2, 0) is 17.9 Å². The van der Waals surface area contributed by atoms with Crippen LogP contribution >= 0.6 is 0 Å². The molecule has 10 heteroatoms. The van der Waals surface area contributed by atoms with Gasteiger partial charge in [-0.3, -0.25) is 23.7 Å². The second-order valence-electron chi connectivity index (χ2n) is 5.54. The number of aromatic nitrogens is 4. The Bertz CT molecular complexity index is 795. The van der Waals surface area contributed by atoms with E-state index in [1.165, 1.54) is 16.9 Å². The molecule has 26 heavy (non-hydrogen) atoms. The number of carbonyl (C=O) groups excluding carboxylic acids is 2. The van der Waals surface area contributed by atoms with Crippen molar-refractivity contribution in [3.8, 4) is 0 Å². The minimum absolute atomic E-state index is 0.0726. The quantitative estimate of drug-likeness (QED) is 0.609. The number of amides is 2. The predicted molar refractivity (Wildman–Crippen MR) is 93.0 cm³/mol. The molecule has 10 nitrogen and oxygen atoms in total. The molecule has 0 atom stereocenters. The molecule has 2 aromatic heterocycles. The van der Waals surface area contributed by atoms with Crippen molar-refractivity contribution in [3.05, 3.63) is 29.8 Å². The number of rotatable bonds is 9. The van der Waals surface area contributed by atoms with Crippen LogP contribution in [0.5, 0.6) is 0 Å². The first kappa shape index (κ1) is 19.2. The van der Waals surface area contributed by atoms with E-state index in [-0.39, 0.29) is 35.9 Å². The van der Waals surface area contributed by atoms with E-state index >= 15 is 0 Å². The zero-order chi connectivity index (χ0) is 19.1. The molecule has 0 spiro atoms. The van der Waals surface area contributed by atoms with Gasteiger partial charge in [0.25, 0.3) is 11.8 Å². The molecule has 0 radical (unpaired) electrons. The van der Waals surface area contributed by atoms with Gasteiger partial charge < -0.3 is 15.7 Å². The number of aliphatic carboxylic acids is 1. The van der Waals surface area contributed by atoms with Gasteiger partial charge in [0.05, 0.1) is 18.7 Å². The van der Waals surface area contributed by atoms with Crippen LogP contribution in [0.1, 0.15) is 47.7 Å². The lowest BCUT2D eigenvalue weighted by Gasteiger charge is -2.08. The first-order valence-corrected chi connectivity index (χ1v) is 8.36. The lowest BCUT2D eigenvalue weighted by Crippen LogP contribution is -2.26. The van der Waals surface area contributed by atoms with Gasteiger partial charge in [0.15, 0.2) is 5.69 Å². The van der Waals surface area contributed by atoms with E-state index in [4.69, 9.17) is 5.11 Å². The first-order chi connectivity index (χ1) is 12.5. The lowest BCUT2D eigenvalue weighted by atomic mass is 10.3. The fraction of sp³-hybridized carbons (Fsp3) is 0.438. The van der Waals surface area contributed by atoms with E-state index in [1.54, 1.807) is 10.9 Å². The largest absolute Gasteiger partial charge is 0.481 e. The molecule has 140 valence electrons. The van der Waals surface area contributed by atoms with Crippen LogP contribution in [0.3, 0.4) is 0 Å². The summed E-state index contributed by atoms with van der Waals surface area (Å²) in [6.07, 6.45) is 3.63. The van der Waals surface area contributed by atoms with Crippen LogP contribution in [0.15, 0.2) is 18.5 Å². The van der Waals surface area contributed by atoms with E-state index in [0.29, 0.717) is 13.1 Å². The standard InChI is InChI=1S/C16H22N6O4/c1-3-7-17-16(26)14-11(10-21(4-2)20-14)19-15(25)12-5-8-18-22(12)9-6-13(23)24/h5,8,10H,3-4,6-7,9H2,1-2H3,(H,17,26)(H,19,25)(H,23,24). The average Bonchev–Trinajstić information content (AvgIpc) is 3.24. The maximum absolute atomic E-state index is 12.5. The van der Waals surface area contributed by atoms with Crippen LogP contribution in [-0.4, -0.2) is 49.0 Å². The summed E-state index contributed by atoms with van der Waals surface area (Å²) in [4.78, 5) is 35.5. The number of carbonyl (C=O) groups is 3. The molecule has 0 aliphatic heterocycles. The van der Waals surface area contributed by atoms with Crippen molar-refractivity contribution >= 4 is 23.5 Å². The van der Waals surface area contributed by atoms with Crippen molar-refractivity contribution in [2.45, 2.75) is 39.8 Å². The Balaban J connectivity index is 2.18. The van der Waals surface area contributed by atoms with Crippen LogP contribution in [0.25, 0.3) is 0 Å². The molecular formula is C16H22N6O4. The number of nitrogens with zero attached hydrogens (tertiary/aromatic N) is 4. The summed E-state index contributed by atoms with van der Waals surface area (Å²) in [7, 11) is 0. The fourth-order valence-electron chi connectivity index (χ4n) is 2.26. The summed E-state index contributed by atoms with van der Waals surface area (Å²) < 4.78 is 2.86. The molecule has 2 aromatic rings. The first-order valence-electron chi connectivity index (χ1n) is 8.36. The zero-order valence-corrected chi connectivity index (χ0v) is 14.7. The van der Waals surface area contributed by atoms with E-state index in [9.17, 15) is 14.4 Å². The van der Waals surface area contributed by atoms with Gasteiger partial charge in [-0.05, 0) is 19.4 Å². The highest BCUT2D eigenvalue weighted by Gasteiger charge is 2.20. The van der Waals surface area contributed by atoms with Crippen molar-refractivity contribution in [1.82, 2.24) is 24.9 Å². The minimum Gasteiger partial charge on any atom is -0.481 e. The summed E-state index contributed by atoms with van der Waals surface area (Å²) in [5.41, 5.74) is 0.622. The van der Waals surface area contributed by atoms with E-state index in [1.807, 2.05) is 13.8 Å².